The van der Waals surface area contributed by atoms with Gasteiger partial charge >= 0.3 is 5.97 Å². The average molecular weight is 488 g/mol. The lowest BCUT2D eigenvalue weighted by atomic mass is 9.89. The second kappa shape index (κ2) is 13.3. The fourth-order valence-electron chi connectivity index (χ4n) is 5.11. The highest BCUT2D eigenvalue weighted by atomic mass is 16.5. The number of aliphatic hydroxyl groups is 1. The molecule has 2 aromatic rings. The summed E-state index contributed by atoms with van der Waals surface area (Å²) in [6, 6.07) is 16.7. The molecule has 2 aromatic carbocycles. The van der Waals surface area contributed by atoms with Crippen molar-refractivity contribution in [3.63, 3.8) is 0 Å². The molecule has 0 saturated heterocycles. The Bertz CT molecular complexity index is 1080. The number of benzene rings is 2. The van der Waals surface area contributed by atoms with Crippen LogP contribution in [0, 0.1) is 5.92 Å². The highest BCUT2D eigenvalue weighted by molar-refractivity contribution is 5.94. The monoisotopic (exact) mass is 487 g/mol. The minimum atomic E-state index is -0.476. The first-order chi connectivity index (χ1) is 17.6. The zero-order chi connectivity index (χ0) is 25.2. The van der Waals surface area contributed by atoms with Crippen molar-refractivity contribution >= 4 is 23.4 Å². The van der Waals surface area contributed by atoms with E-state index in [1.165, 1.54) is 34.8 Å². The van der Waals surface area contributed by atoms with Gasteiger partial charge in [-0.1, -0.05) is 79.9 Å². The second-order valence-corrected chi connectivity index (χ2v) is 9.82. The number of ketones is 1. The molecular weight excluding hydrogens is 450 g/mol. The molecule has 1 N–H and O–H groups in total. The standard InChI is InChI=1S/C31H37NO4/c33-23-29(34)17-14-24-10-12-25(13-11-24)22-32(20-21-36-31(35)28-7-2-1-3-8-28)19-18-27-16-15-26-6-4-5-9-30(26)27/h4-6,9-14,16-17,28,33H,1-3,7-8,15,18-23H2/b17-14+. The Morgan fingerprint density at radius 1 is 1.00 bits per heavy atom. The maximum atomic E-state index is 12.5. The molecule has 5 nitrogen and oxygen atoms in total. The SMILES string of the molecule is O=C(/C=C/c1ccc(CN(CCOC(=O)C2CCCCC2)CCC2=CCc3ccccc32)cc1)CO. The third-order valence-electron chi connectivity index (χ3n) is 7.22. The number of hydrogen-bond acceptors (Lipinski definition) is 5. The van der Waals surface area contributed by atoms with Crippen LogP contribution in [-0.2, 0) is 27.3 Å². The van der Waals surface area contributed by atoms with Gasteiger partial charge in [0.2, 0.25) is 0 Å². The van der Waals surface area contributed by atoms with Gasteiger partial charge in [0.25, 0.3) is 0 Å². The number of ether oxygens (including phenoxy) is 1. The van der Waals surface area contributed by atoms with Crippen LogP contribution < -0.4 is 0 Å². The summed E-state index contributed by atoms with van der Waals surface area (Å²) in [6.45, 7) is 2.27. The first-order valence-electron chi connectivity index (χ1n) is 13.2. The average Bonchev–Trinajstić information content (AvgIpc) is 3.34. The van der Waals surface area contributed by atoms with Crippen molar-refractivity contribution in [3.05, 3.63) is 82.9 Å². The Morgan fingerprint density at radius 2 is 1.78 bits per heavy atom. The molecule has 1 saturated carbocycles. The molecule has 5 heteroatoms. The molecule has 1 fully saturated rings. The maximum Gasteiger partial charge on any atom is 0.308 e. The van der Waals surface area contributed by atoms with Gasteiger partial charge < -0.3 is 9.84 Å². The number of fused-ring (bicyclic) bond motifs is 1. The van der Waals surface area contributed by atoms with Gasteiger partial charge in [0, 0.05) is 19.6 Å². The van der Waals surface area contributed by atoms with Crippen molar-refractivity contribution in [1.82, 2.24) is 4.90 Å². The van der Waals surface area contributed by atoms with Gasteiger partial charge in [-0.15, -0.1) is 0 Å². The summed E-state index contributed by atoms with van der Waals surface area (Å²) in [5.41, 5.74) is 6.23. The van der Waals surface area contributed by atoms with Crippen molar-refractivity contribution < 1.29 is 19.4 Å². The molecule has 0 aliphatic heterocycles. The van der Waals surface area contributed by atoms with Gasteiger partial charge in [-0.05, 0) is 59.6 Å². The molecule has 2 aliphatic rings. The quantitative estimate of drug-likeness (QED) is 0.329. The summed E-state index contributed by atoms with van der Waals surface area (Å²) in [6.07, 6.45) is 12.8. The van der Waals surface area contributed by atoms with E-state index >= 15 is 0 Å². The molecule has 0 unspecified atom stereocenters. The topological polar surface area (TPSA) is 66.8 Å². The number of allylic oxidation sites excluding steroid dienone is 1. The first-order valence-corrected chi connectivity index (χ1v) is 13.2. The van der Waals surface area contributed by atoms with Crippen molar-refractivity contribution in [1.29, 1.82) is 0 Å². The van der Waals surface area contributed by atoms with E-state index in [0.29, 0.717) is 13.2 Å². The largest absolute Gasteiger partial charge is 0.464 e. The van der Waals surface area contributed by atoms with E-state index in [1.807, 2.05) is 12.1 Å². The normalized spacial score (nSPS) is 15.8. The fraction of sp³-hybridized carbons (Fsp3) is 0.419. The van der Waals surface area contributed by atoms with E-state index in [1.54, 1.807) is 6.08 Å². The summed E-state index contributed by atoms with van der Waals surface area (Å²) >= 11 is 0. The molecule has 0 bridgehead atoms. The zero-order valence-electron chi connectivity index (χ0n) is 21.0. The number of esters is 1. The highest BCUT2D eigenvalue weighted by Gasteiger charge is 2.22. The van der Waals surface area contributed by atoms with Gasteiger partial charge in [0.1, 0.15) is 13.2 Å². The molecule has 0 radical (unpaired) electrons. The molecule has 190 valence electrons. The summed E-state index contributed by atoms with van der Waals surface area (Å²) in [5, 5.41) is 8.88. The maximum absolute atomic E-state index is 12.5. The summed E-state index contributed by atoms with van der Waals surface area (Å²) in [4.78, 5) is 26.2. The number of hydrogen-bond donors (Lipinski definition) is 1. The zero-order valence-corrected chi connectivity index (χ0v) is 21.0. The van der Waals surface area contributed by atoms with E-state index in [4.69, 9.17) is 9.84 Å². The Hall–Kier alpha value is -3.02. The van der Waals surface area contributed by atoms with Gasteiger partial charge in [-0.25, -0.2) is 0 Å². The molecule has 0 heterocycles. The Morgan fingerprint density at radius 3 is 2.56 bits per heavy atom. The van der Waals surface area contributed by atoms with Gasteiger partial charge in [0.15, 0.2) is 5.78 Å². The van der Waals surface area contributed by atoms with Crippen LogP contribution in [0.15, 0.2) is 60.7 Å². The Kier molecular flexibility index (Phi) is 9.65. The minimum absolute atomic E-state index is 0.0318. The summed E-state index contributed by atoms with van der Waals surface area (Å²) in [7, 11) is 0. The predicted molar refractivity (Wildman–Crippen MR) is 143 cm³/mol. The fourth-order valence-corrected chi connectivity index (χ4v) is 5.11. The smallest absolute Gasteiger partial charge is 0.308 e. The van der Waals surface area contributed by atoms with E-state index < -0.39 is 6.61 Å². The van der Waals surface area contributed by atoms with Crippen LogP contribution in [0.4, 0.5) is 0 Å². The Labute approximate surface area is 214 Å². The number of nitrogens with zero attached hydrogens (tertiary/aromatic N) is 1. The van der Waals surface area contributed by atoms with Crippen molar-refractivity contribution in [2.45, 2.75) is 51.5 Å². The highest BCUT2D eigenvalue weighted by Crippen LogP contribution is 2.30. The van der Waals surface area contributed by atoms with Crippen molar-refractivity contribution in [2.75, 3.05) is 26.3 Å². The molecule has 0 spiro atoms. The molecule has 4 rings (SSSR count). The van der Waals surface area contributed by atoms with Crippen LogP contribution in [0.25, 0.3) is 11.6 Å². The minimum Gasteiger partial charge on any atom is -0.464 e. The van der Waals surface area contributed by atoms with E-state index in [9.17, 15) is 9.59 Å². The number of rotatable bonds is 12. The summed E-state index contributed by atoms with van der Waals surface area (Å²) < 4.78 is 5.71. The molecular formula is C31H37NO4. The molecule has 0 aromatic heterocycles. The van der Waals surface area contributed by atoms with Gasteiger partial charge in [-0.3, -0.25) is 14.5 Å². The summed E-state index contributed by atoms with van der Waals surface area (Å²) in [5.74, 6) is -0.267. The van der Waals surface area contributed by atoms with Crippen LogP contribution >= 0.6 is 0 Å². The molecule has 0 amide bonds. The van der Waals surface area contributed by atoms with Crippen molar-refractivity contribution in [2.24, 2.45) is 5.92 Å². The Balaban J connectivity index is 1.35. The lowest BCUT2D eigenvalue weighted by molar-refractivity contribution is -0.150. The molecule has 36 heavy (non-hydrogen) atoms. The third kappa shape index (κ3) is 7.49. The first kappa shape index (κ1) is 26.1. The second-order valence-electron chi connectivity index (χ2n) is 9.82. The lowest BCUT2D eigenvalue weighted by Gasteiger charge is -2.24. The van der Waals surface area contributed by atoms with Crippen molar-refractivity contribution in [3.8, 4) is 0 Å². The van der Waals surface area contributed by atoms with Gasteiger partial charge in [0.05, 0.1) is 5.92 Å². The van der Waals surface area contributed by atoms with Crippen LogP contribution in [0.3, 0.4) is 0 Å². The van der Waals surface area contributed by atoms with E-state index in [2.05, 4.69) is 47.4 Å². The molecule has 0 atom stereocenters. The van der Waals surface area contributed by atoms with Crippen LogP contribution in [-0.4, -0.2) is 48.1 Å². The van der Waals surface area contributed by atoms with Gasteiger partial charge in [-0.2, -0.15) is 0 Å². The van der Waals surface area contributed by atoms with E-state index in [0.717, 1.165) is 57.2 Å². The van der Waals surface area contributed by atoms with Crippen LogP contribution in [0.5, 0.6) is 0 Å². The number of aliphatic hydroxyl groups excluding tert-OH is 1. The number of carbonyl (C=O) groups is 2. The molecule has 2 aliphatic carbocycles. The number of carbonyl (C=O) groups excluding carboxylic acids is 2. The van der Waals surface area contributed by atoms with Crippen LogP contribution in [0.2, 0.25) is 0 Å². The van der Waals surface area contributed by atoms with E-state index in [-0.39, 0.29) is 17.7 Å². The van der Waals surface area contributed by atoms with Crippen LogP contribution in [0.1, 0.15) is 60.8 Å². The third-order valence-corrected chi connectivity index (χ3v) is 7.22. The lowest BCUT2D eigenvalue weighted by Crippen LogP contribution is -2.30. The predicted octanol–water partition coefficient (Wildman–Crippen LogP) is 5.22.